The van der Waals surface area contributed by atoms with Gasteiger partial charge in [0.2, 0.25) is 0 Å². The Kier molecular flexibility index (Phi) is 6.75. The van der Waals surface area contributed by atoms with E-state index >= 15 is 0 Å². The van der Waals surface area contributed by atoms with Crippen LogP contribution in [0.1, 0.15) is 22.3 Å². The van der Waals surface area contributed by atoms with Gasteiger partial charge in [0.15, 0.2) is 0 Å². The first-order valence-corrected chi connectivity index (χ1v) is 8.25. The van der Waals surface area contributed by atoms with Crippen molar-refractivity contribution in [1.29, 1.82) is 0 Å². The predicted octanol–water partition coefficient (Wildman–Crippen LogP) is 3.82. The van der Waals surface area contributed by atoms with E-state index < -0.39 is 12.0 Å². The van der Waals surface area contributed by atoms with Crippen LogP contribution in [0, 0.1) is 0 Å². The van der Waals surface area contributed by atoms with Crippen LogP contribution in [-0.2, 0) is 9.53 Å². The minimum atomic E-state index is -0.735. The summed E-state index contributed by atoms with van der Waals surface area (Å²) in [5.41, 5.74) is 1.50. The lowest BCUT2D eigenvalue weighted by Gasteiger charge is -2.15. The number of methoxy groups -OCH3 is 1. The fraction of sp³-hybridized carbons (Fsp3) is 0.158. The third kappa shape index (κ3) is 5.35. The van der Waals surface area contributed by atoms with Crippen LogP contribution in [0.15, 0.2) is 65.1 Å². The van der Waals surface area contributed by atoms with Crippen molar-refractivity contribution >= 4 is 33.9 Å². The Morgan fingerprint density at radius 2 is 1.92 bits per heavy atom. The van der Waals surface area contributed by atoms with Crippen LogP contribution in [0.3, 0.4) is 0 Å². The van der Waals surface area contributed by atoms with Gasteiger partial charge in [0.1, 0.15) is 6.04 Å². The van der Waals surface area contributed by atoms with Crippen LogP contribution in [0.25, 0.3) is 6.08 Å². The maximum absolute atomic E-state index is 12.3. The van der Waals surface area contributed by atoms with Crippen molar-refractivity contribution in [3.8, 4) is 0 Å². The molecule has 0 saturated carbocycles. The number of esters is 1. The number of nitrogens with one attached hydrogen (secondary N) is 1. The van der Waals surface area contributed by atoms with Gasteiger partial charge in [-0.2, -0.15) is 0 Å². The number of benzene rings is 2. The Labute approximate surface area is 149 Å². The number of rotatable bonds is 6. The van der Waals surface area contributed by atoms with E-state index in [2.05, 4.69) is 21.2 Å². The van der Waals surface area contributed by atoms with E-state index in [-0.39, 0.29) is 5.91 Å². The topological polar surface area (TPSA) is 55.4 Å². The normalized spacial score (nSPS) is 11.9. The number of carbonyl (C=O) groups is 2. The Balaban J connectivity index is 2.04. The molecule has 0 spiro atoms. The van der Waals surface area contributed by atoms with Crippen LogP contribution in [0.2, 0.25) is 0 Å². The summed E-state index contributed by atoms with van der Waals surface area (Å²) < 4.78 is 5.58. The van der Waals surface area contributed by atoms with Gasteiger partial charge < -0.3 is 10.1 Å². The van der Waals surface area contributed by atoms with Crippen LogP contribution in [0.5, 0.6) is 0 Å². The standard InChI is InChI=1S/C19H18BrNO3/c1-24-19(23)17(12-5-9-14-7-3-2-4-8-14)21-18(22)15-10-6-11-16(20)13-15/h2-11,13,17H,12H2,1H3,(H,21,22)/b9-5+/t17-/m1/s1. The summed E-state index contributed by atoms with van der Waals surface area (Å²) in [5, 5.41) is 2.71. The molecule has 4 nitrogen and oxygen atoms in total. The third-order valence-electron chi connectivity index (χ3n) is 3.36. The molecule has 0 unspecified atom stereocenters. The van der Waals surface area contributed by atoms with E-state index in [1.54, 1.807) is 18.2 Å². The number of hydrogen-bond acceptors (Lipinski definition) is 3. The molecule has 2 aromatic rings. The first-order chi connectivity index (χ1) is 11.6. The van der Waals surface area contributed by atoms with Crippen molar-refractivity contribution < 1.29 is 14.3 Å². The fourth-order valence-electron chi connectivity index (χ4n) is 2.13. The largest absolute Gasteiger partial charge is 0.467 e. The summed E-state index contributed by atoms with van der Waals surface area (Å²) in [5.74, 6) is -0.795. The molecule has 0 saturated heterocycles. The number of ether oxygens (including phenoxy) is 1. The smallest absolute Gasteiger partial charge is 0.328 e. The summed E-state index contributed by atoms with van der Waals surface area (Å²) in [7, 11) is 1.31. The van der Waals surface area contributed by atoms with E-state index in [9.17, 15) is 9.59 Å². The van der Waals surface area contributed by atoms with Crippen molar-refractivity contribution in [2.24, 2.45) is 0 Å². The maximum atomic E-state index is 12.3. The predicted molar refractivity (Wildman–Crippen MR) is 97.5 cm³/mol. The van der Waals surface area contributed by atoms with Crippen LogP contribution in [0.4, 0.5) is 0 Å². The molecule has 0 fully saturated rings. The van der Waals surface area contributed by atoms with Gasteiger partial charge in [-0.05, 0) is 30.2 Å². The average molecular weight is 388 g/mol. The van der Waals surface area contributed by atoms with E-state index in [4.69, 9.17) is 4.74 Å². The van der Waals surface area contributed by atoms with E-state index in [1.165, 1.54) is 7.11 Å². The van der Waals surface area contributed by atoms with Gasteiger partial charge in [0.25, 0.3) is 5.91 Å². The zero-order valence-corrected chi connectivity index (χ0v) is 14.8. The number of carbonyl (C=O) groups excluding carboxylic acids is 2. The van der Waals surface area contributed by atoms with Crippen molar-refractivity contribution in [2.75, 3.05) is 7.11 Å². The molecule has 0 heterocycles. The lowest BCUT2D eigenvalue weighted by Crippen LogP contribution is -2.41. The van der Waals surface area contributed by atoms with Gasteiger partial charge in [-0.1, -0.05) is 64.5 Å². The Morgan fingerprint density at radius 1 is 1.17 bits per heavy atom. The van der Waals surface area contributed by atoms with Gasteiger partial charge in [-0.15, -0.1) is 0 Å². The molecular weight excluding hydrogens is 370 g/mol. The summed E-state index contributed by atoms with van der Waals surface area (Å²) in [6.45, 7) is 0. The van der Waals surface area contributed by atoms with Gasteiger partial charge in [-0.25, -0.2) is 4.79 Å². The summed E-state index contributed by atoms with van der Waals surface area (Å²) in [4.78, 5) is 24.2. The van der Waals surface area contributed by atoms with Crippen LogP contribution < -0.4 is 5.32 Å². The molecule has 0 aliphatic rings. The number of halogens is 1. The summed E-state index contributed by atoms with van der Waals surface area (Å²) in [6, 6.07) is 16.0. The summed E-state index contributed by atoms with van der Waals surface area (Å²) in [6.07, 6.45) is 4.10. The lowest BCUT2D eigenvalue weighted by atomic mass is 10.1. The molecule has 0 aromatic heterocycles. The van der Waals surface area contributed by atoms with Crippen molar-refractivity contribution in [1.82, 2.24) is 5.32 Å². The lowest BCUT2D eigenvalue weighted by molar-refractivity contribution is -0.142. The molecule has 2 aromatic carbocycles. The quantitative estimate of drug-likeness (QED) is 0.766. The molecular formula is C19H18BrNO3. The SMILES string of the molecule is COC(=O)[C@@H](C/C=C/c1ccccc1)NC(=O)c1cccc(Br)c1. The highest BCUT2D eigenvalue weighted by atomic mass is 79.9. The van der Waals surface area contributed by atoms with Crippen LogP contribution in [-0.4, -0.2) is 25.0 Å². The first-order valence-electron chi connectivity index (χ1n) is 7.46. The highest BCUT2D eigenvalue weighted by Crippen LogP contribution is 2.12. The highest BCUT2D eigenvalue weighted by Gasteiger charge is 2.20. The van der Waals surface area contributed by atoms with Crippen LogP contribution >= 0.6 is 15.9 Å². The monoisotopic (exact) mass is 387 g/mol. The van der Waals surface area contributed by atoms with Gasteiger partial charge in [0.05, 0.1) is 7.11 Å². The average Bonchev–Trinajstić information content (AvgIpc) is 2.61. The molecule has 124 valence electrons. The van der Waals surface area contributed by atoms with Gasteiger partial charge >= 0.3 is 5.97 Å². The molecule has 5 heteroatoms. The zero-order chi connectivity index (χ0) is 17.4. The second kappa shape index (κ2) is 9.03. The van der Waals surface area contributed by atoms with Gasteiger partial charge in [0, 0.05) is 10.0 Å². The molecule has 0 aliphatic heterocycles. The molecule has 0 bridgehead atoms. The van der Waals surface area contributed by atoms with Gasteiger partial charge in [-0.3, -0.25) is 4.79 Å². The van der Waals surface area contributed by atoms with E-state index in [1.807, 2.05) is 48.6 Å². The Bertz CT molecular complexity index is 728. The minimum absolute atomic E-state index is 0.320. The van der Waals surface area contributed by atoms with E-state index in [0.717, 1.165) is 10.0 Å². The number of hydrogen-bond donors (Lipinski definition) is 1. The Morgan fingerprint density at radius 3 is 2.58 bits per heavy atom. The summed E-state index contributed by atoms with van der Waals surface area (Å²) >= 11 is 3.32. The minimum Gasteiger partial charge on any atom is -0.467 e. The third-order valence-corrected chi connectivity index (χ3v) is 3.85. The molecule has 1 amide bonds. The first kappa shape index (κ1) is 17.9. The Hall–Kier alpha value is -2.40. The molecule has 0 radical (unpaired) electrons. The number of amides is 1. The maximum Gasteiger partial charge on any atom is 0.328 e. The van der Waals surface area contributed by atoms with Crippen molar-refractivity contribution in [2.45, 2.75) is 12.5 Å². The second-order valence-electron chi connectivity index (χ2n) is 5.11. The van der Waals surface area contributed by atoms with Crippen molar-refractivity contribution in [3.63, 3.8) is 0 Å². The zero-order valence-electron chi connectivity index (χ0n) is 13.2. The molecule has 1 N–H and O–H groups in total. The molecule has 2 rings (SSSR count). The second-order valence-corrected chi connectivity index (χ2v) is 6.02. The molecule has 24 heavy (non-hydrogen) atoms. The molecule has 0 aliphatic carbocycles. The van der Waals surface area contributed by atoms with E-state index in [0.29, 0.717) is 12.0 Å². The fourth-order valence-corrected chi connectivity index (χ4v) is 2.53. The highest BCUT2D eigenvalue weighted by molar-refractivity contribution is 9.10. The van der Waals surface area contributed by atoms with Crippen molar-refractivity contribution in [3.05, 3.63) is 76.3 Å². The molecule has 1 atom stereocenters.